The minimum Gasteiger partial charge on any atom is -0.462 e. The minimum atomic E-state index is -0.818. The summed E-state index contributed by atoms with van der Waals surface area (Å²) in [6.45, 7) is 6.24. The predicted molar refractivity (Wildman–Crippen MR) is 251 cm³/mol. The number of carbonyl (C=O) groups excluding carboxylic acids is 3. The Morgan fingerprint density at radius 3 is 1.03 bits per heavy atom. The summed E-state index contributed by atoms with van der Waals surface area (Å²) in [6.07, 6.45) is 63.2. The van der Waals surface area contributed by atoms with Crippen molar-refractivity contribution in [1.82, 2.24) is 0 Å². The zero-order chi connectivity index (χ0) is 43.0. The molecule has 0 aromatic rings. The third kappa shape index (κ3) is 44.8. The fourth-order valence-corrected chi connectivity index (χ4v) is 5.78. The Kier molecular flexibility index (Phi) is 43.2. The van der Waals surface area contributed by atoms with Gasteiger partial charge in [0.05, 0.1) is 0 Å². The molecular formula is C53H82O6. The van der Waals surface area contributed by atoms with Crippen LogP contribution >= 0.6 is 0 Å². The summed E-state index contributed by atoms with van der Waals surface area (Å²) in [5, 5.41) is 0. The second-order valence-electron chi connectivity index (χ2n) is 14.8. The molecule has 59 heavy (non-hydrogen) atoms. The van der Waals surface area contributed by atoms with Gasteiger partial charge >= 0.3 is 17.9 Å². The van der Waals surface area contributed by atoms with Crippen LogP contribution in [0.3, 0.4) is 0 Å². The first kappa shape index (κ1) is 54.8. The number of ether oxygens (including phenoxy) is 3. The van der Waals surface area contributed by atoms with Gasteiger partial charge in [-0.1, -0.05) is 219 Å². The number of carbonyl (C=O) groups is 3. The largest absolute Gasteiger partial charge is 0.462 e. The summed E-state index contributed by atoms with van der Waals surface area (Å²) in [5.41, 5.74) is 0. The van der Waals surface area contributed by atoms with E-state index in [1.54, 1.807) is 0 Å². The van der Waals surface area contributed by atoms with Gasteiger partial charge in [-0.05, 0) is 57.8 Å². The fraction of sp³-hybridized carbons (Fsp3) is 0.566. The molecule has 0 aliphatic carbocycles. The number of allylic oxidation sites excluding steroid dienone is 20. The Morgan fingerprint density at radius 1 is 0.356 bits per heavy atom. The Hall–Kier alpha value is -4.19. The van der Waals surface area contributed by atoms with Crippen LogP contribution in [0.4, 0.5) is 0 Å². The van der Waals surface area contributed by atoms with Gasteiger partial charge in [0.1, 0.15) is 13.2 Å². The van der Waals surface area contributed by atoms with Crippen LogP contribution < -0.4 is 0 Å². The molecule has 1 atom stereocenters. The van der Waals surface area contributed by atoms with E-state index in [0.717, 1.165) is 77.0 Å². The molecule has 0 bridgehead atoms. The van der Waals surface area contributed by atoms with E-state index in [1.807, 2.05) is 97.2 Å². The van der Waals surface area contributed by atoms with E-state index in [-0.39, 0.29) is 37.5 Å². The highest BCUT2D eigenvalue weighted by Crippen LogP contribution is 2.13. The molecule has 0 saturated heterocycles. The minimum absolute atomic E-state index is 0.112. The quantitative estimate of drug-likeness (QED) is 0.0266. The molecule has 0 N–H and O–H groups in total. The third-order valence-electron chi connectivity index (χ3n) is 9.22. The lowest BCUT2D eigenvalue weighted by atomic mass is 10.1. The molecule has 0 aliphatic rings. The summed E-state index contributed by atoms with van der Waals surface area (Å²) >= 11 is 0. The molecule has 0 radical (unpaired) electrons. The van der Waals surface area contributed by atoms with E-state index >= 15 is 0 Å². The average molecular weight is 815 g/mol. The van der Waals surface area contributed by atoms with Crippen LogP contribution in [0.1, 0.15) is 175 Å². The topological polar surface area (TPSA) is 78.9 Å². The molecule has 0 fully saturated rings. The van der Waals surface area contributed by atoms with Crippen LogP contribution in [-0.4, -0.2) is 37.2 Å². The van der Waals surface area contributed by atoms with E-state index in [1.165, 1.54) is 51.4 Å². The second-order valence-corrected chi connectivity index (χ2v) is 14.8. The first-order valence-electron chi connectivity index (χ1n) is 23.2. The summed E-state index contributed by atoms with van der Waals surface area (Å²) in [4.78, 5) is 37.8. The van der Waals surface area contributed by atoms with Gasteiger partial charge in [-0.3, -0.25) is 14.4 Å². The fourth-order valence-electron chi connectivity index (χ4n) is 5.78. The van der Waals surface area contributed by atoms with Gasteiger partial charge in [-0.2, -0.15) is 0 Å². The zero-order valence-corrected chi connectivity index (χ0v) is 37.5. The molecule has 0 heterocycles. The summed E-state index contributed by atoms with van der Waals surface area (Å²) in [6, 6.07) is 0. The van der Waals surface area contributed by atoms with Crippen molar-refractivity contribution < 1.29 is 28.6 Å². The number of hydrogen-bond donors (Lipinski definition) is 0. The van der Waals surface area contributed by atoms with Crippen LogP contribution in [0, 0.1) is 0 Å². The van der Waals surface area contributed by atoms with Crippen LogP contribution in [0.15, 0.2) is 122 Å². The Morgan fingerprint density at radius 2 is 0.661 bits per heavy atom. The maximum Gasteiger partial charge on any atom is 0.306 e. The Balaban J connectivity index is 4.58. The normalized spacial score (nSPS) is 13.2. The van der Waals surface area contributed by atoms with Crippen molar-refractivity contribution in [3.05, 3.63) is 122 Å². The van der Waals surface area contributed by atoms with Crippen molar-refractivity contribution in [1.29, 1.82) is 0 Å². The van der Waals surface area contributed by atoms with E-state index in [4.69, 9.17) is 14.2 Å². The molecule has 330 valence electrons. The van der Waals surface area contributed by atoms with Crippen molar-refractivity contribution in [2.75, 3.05) is 13.2 Å². The third-order valence-corrected chi connectivity index (χ3v) is 9.22. The van der Waals surface area contributed by atoms with Crippen molar-refractivity contribution in [3.63, 3.8) is 0 Å². The molecule has 0 aromatic heterocycles. The predicted octanol–water partition coefficient (Wildman–Crippen LogP) is 15.0. The van der Waals surface area contributed by atoms with Crippen LogP contribution in [0.5, 0.6) is 0 Å². The molecule has 6 nitrogen and oxygen atoms in total. The first-order chi connectivity index (χ1) is 29.0. The van der Waals surface area contributed by atoms with Crippen molar-refractivity contribution in [2.45, 2.75) is 181 Å². The van der Waals surface area contributed by atoms with Crippen LogP contribution in [0.25, 0.3) is 0 Å². The molecule has 0 aromatic carbocycles. The van der Waals surface area contributed by atoms with E-state index in [0.29, 0.717) is 19.3 Å². The van der Waals surface area contributed by atoms with Gasteiger partial charge in [0.25, 0.3) is 0 Å². The number of rotatable bonds is 39. The molecule has 6 heteroatoms. The van der Waals surface area contributed by atoms with Crippen molar-refractivity contribution >= 4 is 17.9 Å². The molecule has 0 rings (SSSR count). The van der Waals surface area contributed by atoms with Gasteiger partial charge in [0.15, 0.2) is 6.10 Å². The second kappa shape index (κ2) is 46.5. The van der Waals surface area contributed by atoms with Gasteiger partial charge < -0.3 is 14.2 Å². The van der Waals surface area contributed by atoms with Crippen LogP contribution in [-0.2, 0) is 28.6 Å². The highest BCUT2D eigenvalue weighted by Gasteiger charge is 2.19. The molecule has 0 saturated carbocycles. The number of unbranched alkanes of at least 4 members (excludes halogenated alkanes) is 16. The Bertz CT molecular complexity index is 1300. The zero-order valence-electron chi connectivity index (χ0n) is 37.5. The van der Waals surface area contributed by atoms with E-state index in [9.17, 15) is 14.4 Å². The van der Waals surface area contributed by atoms with E-state index in [2.05, 4.69) is 45.1 Å². The number of hydrogen-bond acceptors (Lipinski definition) is 6. The molecule has 0 spiro atoms. The maximum absolute atomic E-state index is 12.7. The maximum atomic E-state index is 12.7. The molecule has 1 unspecified atom stereocenters. The van der Waals surface area contributed by atoms with Gasteiger partial charge in [0.2, 0.25) is 0 Å². The lowest BCUT2D eigenvalue weighted by molar-refractivity contribution is -0.167. The first-order valence-corrected chi connectivity index (χ1v) is 23.2. The van der Waals surface area contributed by atoms with E-state index < -0.39 is 6.10 Å². The lowest BCUT2D eigenvalue weighted by Crippen LogP contribution is -2.30. The van der Waals surface area contributed by atoms with Gasteiger partial charge in [-0.25, -0.2) is 0 Å². The van der Waals surface area contributed by atoms with Gasteiger partial charge in [-0.15, -0.1) is 0 Å². The smallest absolute Gasteiger partial charge is 0.306 e. The molecular weight excluding hydrogens is 733 g/mol. The molecule has 0 amide bonds. The lowest BCUT2D eigenvalue weighted by Gasteiger charge is -2.18. The highest BCUT2D eigenvalue weighted by molar-refractivity contribution is 5.71. The molecule has 0 aliphatic heterocycles. The number of esters is 3. The van der Waals surface area contributed by atoms with Crippen molar-refractivity contribution in [2.24, 2.45) is 0 Å². The summed E-state index contributed by atoms with van der Waals surface area (Å²) < 4.78 is 16.6. The van der Waals surface area contributed by atoms with Crippen LogP contribution in [0.2, 0.25) is 0 Å². The van der Waals surface area contributed by atoms with Gasteiger partial charge in [0, 0.05) is 19.3 Å². The summed E-state index contributed by atoms with van der Waals surface area (Å²) in [7, 11) is 0. The monoisotopic (exact) mass is 815 g/mol. The van der Waals surface area contributed by atoms with Crippen molar-refractivity contribution in [3.8, 4) is 0 Å². The average Bonchev–Trinajstić information content (AvgIpc) is 3.23. The Labute approximate surface area is 361 Å². The summed E-state index contributed by atoms with van der Waals surface area (Å²) in [5.74, 6) is -1.01. The highest BCUT2D eigenvalue weighted by atomic mass is 16.6. The standard InChI is InChI=1S/C53H82O6/c1-4-7-10-13-16-19-22-24-26-28-31-34-37-40-43-46-52(55)58-49-50(48-57-51(54)45-42-39-36-33-30-21-18-15-12-9-6-3)59-53(56)47-44-41-38-35-32-29-27-25-23-20-17-14-11-8-5-2/h7-8,10-11,13-14,16-17,19-20,22-29,31-32,50H,4-6,9,12,15,18,21,30,33-49H2,1-3H3/b10-7-,11-8-,16-13-,17-14-,22-19-,23-20-,26-24-,27-25-,31-28-,32-29-. The SMILES string of the molecule is CC\C=C/C=C\C=C/C=C\C=C/CCCCCC(=O)OCC(COC(=O)CCCCCCCCCCCCC)OC(=O)CCCCC\C=C/C=C\C=C/C=C\C=C/CC.